The van der Waals surface area contributed by atoms with Gasteiger partial charge in [-0.05, 0) is 36.4 Å². The number of allylic oxidation sites excluding steroid dienone is 1. The zero-order chi connectivity index (χ0) is 22.8. The SMILES string of the molecule is CC(C)(C)C1=C(S(=O)(=O)c2ccccc2)CC(Oc2ccccc2)(Oc2ccccc2)O1. The van der Waals surface area contributed by atoms with Crippen molar-refractivity contribution < 1.29 is 22.6 Å². The molecule has 3 aromatic carbocycles. The molecule has 1 aliphatic heterocycles. The number of benzene rings is 3. The van der Waals surface area contributed by atoms with E-state index >= 15 is 0 Å². The Morgan fingerprint density at radius 1 is 0.750 bits per heavy atom. The van der Waals surface area contributed by atoms with Crippen LogP contribution in [0.1, 0.15) is 27.2 Å². The van der Waals surface area contributed by atoms with E-state index in [1.54, 1.807) is 54.6 Å². The van der Waals surface area contributed by atoms with Crippen molar-refractivity contribution in [3.8, 4) is 11.5 Å². The molecule has 166 valence electrons. The normalized spacial score (nSPS) is 15.8. The quantitative estimate of drug-likeness (QED) is 0.434. The van der Waals surface area contributed by atoms with Gasteiger partial charge in [0.15, 0.2) is 0 Å². The van der Waals surface area contributed by atoms with Crippen LogP contribution in [0.4, 0.5) is 0 Å². The van der Waals surface area contributed by atoms with Crippen LogP contribution in [0.5, 0.6) is 11.5 Å². The summed E-state index contributed by atoms with van der Waals surface area (Å²) in [5.74, 6) is -0.319. The molecule has 0 N–H and O–H groups in total. The number of hydrogen-bond acceptors (Lipinski definition) is 5. The Morgan fingerprint density at radius 2 is 1.19 bits per heavy atom. The molecule has 1 aliphatic rings. The van der Waals surface area contributed by atoms with Crippen molar-refractivity contribution in [2.45, 2.75) is 38.1 Å². The average molecular weight is 451 g/mol. The highest BCUT2D eigenvalue weighted by atomic mass is 32.2. The van der Waals surface area contributed by atoms with Crippen molar-refractivity contribution in [2.24, 2.45) is 5.41 Å². The zero-order valence-electron chi connectivity index (χ0n) is 18.3. The van der Waals surface area contributed by atoms with Crippen LogP contribution in [0, 0.1) is 5.41 Å². The van der Waals surface area contributed by atoms with Gasteiger partial charge in [-0.25, -0.2) is 8.42 Å². The van der Waals surface area contributed by atoms with Gasteiger partial charge in [-0.3, -0.25) is 0 Å². The van der Waals surface area contributed by atoms with Crippen LogP contribution in [0.15, 0.2) is 107 Å². The first-order valence-electron chi connectivity index (χ1n) is 10.4. The molecule has 4 rings (SSSR count). The molecule has 32 heavy (non-hydrogen) atoms. The van der Waals surface area contributed by atoms with E-state index in [4.69, 9.17) is 14.2 Å². The molecule has 0 spiro atoms. The van der Waals surface area contributed by atoms with E-state index in [9.17, 15) is 8.42 Å². The number of rotatable bonds is 6. The van der Waals surface area contributed by atoms with Crippen molar-refractivity contribution in [3.05, 3.63) is 102 Å². The van der Waals surface area contributed by atoms with Crippen LogP contribution in [-0.4, -0.2) is 14.4 Å². The van der Waals surface area contributed by atoms with Crippen LogP contribution < -0.4 is 9.47 Å². The molecule has 5 nitrogen and oxygen atoms in total. The third-order valence-corrected chi connectivity index (χ3v) is 6.85. The molecule has 0 atom stereocenters. The molecule has 0 fully saturated rings. The lowest BCUT2D eigenvalue weighted by atomic mass is 9.94. The second-order valence-electron chi connectivity index (χ2n) is 8.61. The molecule has 0 aliphatic carbocycles. The van der Waals surface area contributed by atoms with Gasteiger partial charge >= 0.3 is 5.97 Å². The summed E-state index contributed by atoms with van der Waals surface area (Å²) < 4.78 is 46.0. The highest BCUT2D eigenvalue weighted by Crippen LogP contribution is 2.47. The van der Waals surface area contributed by atoms with E-state index < -0.39 is 21.2 Å². The molecule has 0 bridgehead atoms. The Bertz CT molecular complexity index is 1150. The largest absolute Gasteiger partial charge is 0.423 e. The molecular weight excluding hydrogens is 424 g/mol. The topological polar surface area (TPSA) is 61.8 Å². The summed E-state index contributed by atoms with van der Waals surface area (Å²) in [5.41, 5.74) is -0.598. The number of hydrogen-bond donors (Lipinski definition) is 0. The second-order valence-corrected chi connectivity index (χ2v) is 10.6. The molecule has 3 aromatic rings. The van der Waals surface area contributed by atoms with Gasteiger partial charge < -0.3 is 14.2 Å². The molecule has 0 unspecified atom stereocenters. The number of sulfone groups is 1. The van der Waals surface area contributed by atoms with Crippen molar-refractivity contribution in [2.75, 3.05) is 0 Å². The smallest absolute Gasteiger partial charge is 0.422 e. The third kappa shape index (κ3) is 4.50. The Balaban J connectivity index is 1.81. The van der Waals surface area contributed by atoms with Crippen molar-refractivity contribution in [1.82, 2.24) is 0 Å². The zero-order valence-corrected chi connectivity index (χ0v) is 19.1. The van der Waals surface area contributed by atoms with Gasteiger partial charge in [-0.15, -0.1) is 0 Å². The lowest BCUT2D eigenvalue weighted by molar-refractivity contribution is -0.273. The Labute approximate surface area is 189 Å². The maximum atomic E-state index is 13.6. The molecule has 0 radical (unpaired) electrons. The first-order chi connectivity index (χ1) is 15.2. The summed E-state index contributed by atoms with van der Waals surface area (Å²) in [7, 11) is -3.83. The highest BCUT2D eigenvalue weighted by Gasteiger charge is 2.53. The maximum absolute atomic E-state index is 13.6. The molecule has 0 saturated carbocycles. The van der Waals surface area contributed by atoms with Crippen LogP contribution in [-0.2, 0) is 14.6 Å². The monoisotopic (exact) mass is 450 g/mol. The van der Waals surface area contributed by atoms with Crippen LogP contribution in [0.2, 0.25) is 0 Å². The van der Waals surface area contributed by atoms with Crippen molar-refractivity contribution >= 4 is 9.84 Å². The molecule has 0 aromatic heterocycles. The fourth-order valence-corrected chi connectivity index (χ4v) is 5.29. The number of ether oxygens (including phenoxy) is 3. The molecule has 0 saturated heterocycles. The highest BCUT2D eigenvalue weighted by molar-refractivity contribution is 7.95. The first kappa shape index (κ1) is 22.0. The van der Waals surface area contributed by atoms with Gasteiger partial charge in [0.1, 0.15) is 23.7 Å². The van der Waals surface area contributed by atoms with Gasteiger partial charge in [0.2, 0.25) is 9.84 Å². The maximum Gasteiger partial charge on any atom is 0.422 e. The first-order valence-corrected chi connectivity index (χ1v) is 11.9. The lowest BCUT2D eigenvalue weighted by Gasteiger charge is -2.32. The van der Waals surface area contributed by atoms with Crippen LogP contribution in [0.25, 0.3) is 0 Å². The minimum Gasteiger partial charge on any atom is -0.423 e. The number of para-hydroxylation sites is 2. The minimum absolute atomic E-state index is 0.0966. The molecule has 6 heteroatoms. The predicted molar refractivity (Wildman–Crippen MR) is 123 cm³/mol. The Morgan fingerprint density at radius 3 is 1.62 bits per heavy atom. The van der Waals surface area contributed by atoms with Gasteiger partial charge in [0.05, 0.1) is 9.80 Å². The van der Waals surface area contributed by atoms with E-state index in [2.05, 4.69) is 0 Å². The van der Waals surface area contributed by atoms with Crippen molar-refractivity contribution in [1.29, 1.82) is 0 Å². The summed E-state index contributed by atoms with van der Waals surface area (Å²) >= 11 is 0. The summed E-state index contributed by atoms with van der Waals surface area (Å²) in [6.07, 6.45) is -0.0966. The summed E-state index contributed by atoms with van der Waals surface area (Å²) in [4.78, 5) is 0.360. The van der Waals surface area contributed by atoms with E-state index in [0.29, 0.717) is 17.3 Å². The predicted octanol–water partition coefficient (Wildman–Crippen LogP) is 5.95. The minimum atomic E-state index is -3.83. The van der Waals surface area contributed by atoms with E-state index in [1.165, 1.54) is 0 Å². The fraction of sp³-hybridized carbons (Fsp3) is 0.231. The van der Waals surface area contributed by atoms with Crippen LogP contribution in [0.3, 0.4) is 0 Å². The van der Waals surface area contributed by atoms with E-state index in [1.807, 2.05) is 57.2 Å². The third-order valence-electron chi connectivity index (χ3n) is 4.98. The molecule has 0 amide bonds. The molecular formula is C26H26O5S. The average Bonchev–Trinajstić information content (AvgIpc) is 3.16. The van der Waals surface area contributed by atoms with Crippen LogP contribution >= 0.6 is 0 Å². The standard InChI is InChI=1S/C26H26O5S/c1-25(2,3)24-23(32(27,28)22-17-11-6-12-18-22)19-26(31-24,29-20-13-7-4-8-14-20)30-21-15-9-5-10-16-21/h4-18H,19H2,1-3H3. The second kappa shape index (κ2) is 8.36. The summed E-state index contributed by atoms with van der Waals surface area (Å²) in [6, 6.07) is 26.5. The van der Waals surface area contributed by atoms with Gasteiger partial charge in [-0.2, -0.15) is 0 Å². The van der Waals surface area contributed by atoms with Gasteiger partial charge in [0, 0.05) is 5.41 Å². The van der Waals surface area contributed by atoms with Gasteiger partial charge in [0.25, 0.3) is 0 Å². The summed E-state index contributed by atoms with van der Waals surface area (Å²) in [6.45, 7) is 5.72. The van der Waals surface area contributed by atoms with Crippen molar-refractivity contribution in [3.63, 3.8) is 0 Å². The van der Waals surface area contributed by atoms with Gasteiger partial charge in [-0.1, -0.05) is 75.4 Å². The fourth-order valence-electron chi connectivity index (χ4n) is 3.53. The summed E-state index contributed by atoms with van der Waals surface area (Å²) in [5, 5.41) is 0. The Kier molecular flexibility index (Phi) is 5.73. The Hall–Kier alpha value is -3.25. The van der Waals surface area contributed by atoms with E-state index in [-0.39, 0.29) is 16.2 Å². The lowest BCUT2D eigenvalue weighted by Crippen LogP contribution is -2.43. The molecule has 1 heterocycles. The van der Waals surface area contributed by atoms with E-state index in [0.717, 1.165) is 0 Å².